The van der Waals surface area contributed by atoms with E-state index in [1.54, 1.807) is 0 Å². The van der Waals surface area contributed by atoms with Gasteiger partial charge in [0.2, 0.25) is 0 Å². The number of hydrogen-bond donors (Lipinski definition) is 1. The Bertz CT molecular complexity index is 2610. The van der Waals surface area contributed by atoms with Crippen molar-refractivity contribution in [3.8, 4) is 44.9 Å². The van der Waals surface area contributed by atoms with Crippen molar-refractivity contribution in [2.75, 3.05) is 4.90 Å². The van der Waals surface area contributed by atoms with Gasteiger partial charge in [-0.05, 0) is 81.6 Å². The highest BCUT2D eigenvalue weighted by Crippen LogP contribution is 2.45. The van der Waals surface area contributed by atoms with Crippen molar-refractivity contribution in [2.24, 2.45) is 0 Å². The van der Waals surface area contributed by atoms with E-state index in [-0.39, 0.29) is 16.6 Å². The van der Waals surface area contributed by atoms with Crippen LogP contribution in [0.2, 0.25) is 0 Å². The van der Waals surface area contributed by atoms with Gasteiger partial charge in [0.25, 0.3) is 0 Å². The summed E-state index contributed by atoms with van der Waals surface area (Å²) in [4.78, 5) is 7.14. The van der Waals surface area contributed by atoms with Gasteiger partial charge in [-0.3, -0.25) is 4.90 Å². The zero-order chi connectivity index (χ0) is 38.3. The van der Waals surface area contributed by atoms with E-state index >= 15 is 0 Å². The lowest BCUT2D eigenvalue weighted by molar-refractivity contribution is 0.446. The molecule has 55 heavy (non-hydrogen) atoms. The molecule has 6 aromatic carbocycles. The van der Waals surface area contributed by atoms with Crippen molar-refractivity contribution in [3.63, 3.8) is 0 Å². The summed E-state index contributed by atoms with van der Waals surface area (Å²) < 4.78 is 2.03. The Morgan fingerprint density at radius 3 is 1.91 bits per heavy atom. The van der Waals surface area contributed by atoms with Gasteiger partial charge in [-0.2, -0.15) is 5.10 Å². The summed E-state index contributed by atoms with van der Waals surface area (Å²) in [5.74, 6) is 1.07. The molecule has 8 rings (SSSR count). The van der Waals surface area contributed by atoms with Gasteiger partial charge in [-0.15, -0.1) is 0 Å². The molecule has 8 aromatic rings. The van der Waals surface area contributed by atoms with Crippen LogP contribution in [0, 0.1) is 0 Å². The minimum absolute atomic E-state index is 0.134. The third-order valence-corrected chi connectivity index (χ3v) is 10.2. The molecular formula is C50H46N4O. The van der Waals surface area contributed by atoms with Crippen LogP contribution >= 0.6 is 0 Å². The second-order valence-electron chi connectivity index (χ2n) is 16.2. The van der Waals surface area contributed by atoms with Crippen LogP contribution in [0.3, 0.4) is 0 Å². The average molecular weight is 719 g/mol. The number of benzene rings is 6. The molecule has 5 nitrogen and oxygen atoms in total. The first-order valence-electron chi connectivity index (χ1n) is 18.9. The SMILES string of the molecule is CC(C)(C)c1cc(-c2nn(-c3cc(-c4ccccc4)cc(N(c4ccccn4)c4ccccc4-c4ccccc4)c3)c3ccccc23)c(O)c(C(C)(C)C)c1. The normalized spacial score (nSPS) is 11.9. The van der Waals surface area contributed by atoms with Crippen LogP contribution in [0.1, 0.15) is 52.7 Å². The molecule has 2 heterocycles. The van der Waals surface area contributed by atoms with Crippen LogP contribution in [-0.4, -0.2) is 19.9 Å². The number of pyridine rings is 1. The van der Waals surface area contributed by atoms with Gasteiger partial charge < -0.3 is 5.11 Å². The third-order valence-electron chi connectivity index (χ3n) is 10.2. The van der Waals surface area contributed by atoms with Crippen LogP contribution in [0.25, 0.3) is 50.1 Å². The molecule has 0 spiro atoms. The van der Waals surface area contributed by atoms with Gasteiger partial charge in [0.1, 0.15) is 17.3 Å². The molecule has 0 aliphatic rings. The maximum atomic E-state index is 12.0. The summed E-state index contributed by atoms with van der Waals surface area (Å²) in [5.41, 5.74) is 11.2. The second-order valence-corrected chi connectivity index (χ2v) is 16.2. The molecular weight excluding hydrogens is 673 g/mol. The first-order valence-corrected chi connectivity index (χ1v) is 18.9. The van der Waals surface area contributed by atoms with E-state index < -0.39 is 0 Å². The van der Waals surface area contributed by atoms with E-state index in [1.807, 2.05) is 41.2 Å². The summed E-state index contributed by atoms with van der Waals surface area (Å²) in [5, 5.41) is 18.4. The standard InChI is InChI=1S/C50H46N4O/c1-49(2,3)37-31-42(48(55)43(32-37)50(4,5)6)47-41-24-14-16-26-45(41)54(52-47)39-30-36(34-19-9-7-10-20-34)29-38(33-39)53(46-27-17-18-28-51-46)44-25-15-13-23-40(44)35-21-11-8-12-22-35/h7-33,55H,1-6H3. The number of fused-ring (bicyclic) bond motifs is 1. The first kappa shape index (κ1) is 35.6. The second kappa shape index (κ2) is 14.1. The molecule has 0 fully saturated rings. The predicted octanol–water partition coefficient (Wildman–Crippen LogP) is 13.2. The number of hydrogen-bond acceptors (Lipinski definition) is 4. The zero-order valence-electron chi connectivity index (χ0n) is 32.3. The lowest BCUT2D eigenvalue weighted by Gasteiger charge is -2.28. The molecule has 0 radical (unpaired) electrons. The quantitative estimate of drug-likeness (QED) is 0.178. The van der Waals surface area contributed by atoms with E-state index in [9.17, 15) is 5.11 Å². The Hall–Kier alpha value is -6.46. The van der Waals surface area contributed by atoms with Gasteiger partial charge in [-0.1, -0.05) is 151 Å². The van der Waals surface area contributed by atoms with Gasteiger partial charge in [0, 0.05) is 28.3 Å². The van der Waals surface area contributed by atoms with Gasteiger partial charge in [0.15, 0.2) is 0 Å². The van der Waals surface area contributed by atoms with Crippen molar-refractivity contribution >= 4 is 28.1 Å². The van der Waals surface area contributed by atoms with Crippen LogP contribution in [0.5, 0.6) is 5.75 Å². The highest BCUT2D eigenvalue weighted by atomic mass is 16.3. The Kier molecular flexibility index (Phi) is 9.10. The van der Waals surface area contributed by atoms with Gasteiger partial charge >= 0.3 is 0 Å². The van der Waals surface area contributed by atoms with E-state index in [0.29, 0.717) is 0 Å². The number of phenols is 1. The average Bonchev–Trinajstić information content (AvgIpc) is 3.58. The van der Waals surface area contributed by atoms with E-state index in [0.717, 1.165) is 78.4 Å². The van der Waals surface area contributed by atoms with E-state index in [2.05, 4.69) is 174 Å². The number of phenolic OH excluding ortho intramolecular Hbond substituents is 1. The molecule has 0 unspecified atom stereocenters. The predicted molar refractivity (Wildman–Crippen MR) is 229 cm³/mol. The number of aromatic hydroxyl groups is 1. The van der Waals surface area contributed by atoms with Gasteiger partial charge in [-0.25, -0.2) is 9.67 Å². The highest BCUT2D eigenvalue weighted by Gasteiger charge is 2.28. The fraction of sp³-hybridized carbons (Fsp3) is 0.160. The summed E-state index contributed by atoms with van der Waals surface area (Å²) in [6.07, 6.45) is 1.84. The maximum Gasteiger partial charge on any atom is 0.137 e. The molecule has 2 aromatic heterocycles. The number of para-hydroxylation sites is 2. The molecule has 0 amide bonds. The smallest absolute Gasteiger partial charge is 0.137 e. The van der Waals surface area contributed by atoms with E-state index in [1.165, 1.54) is 0 Å². The lowest BCUT2D eigenvalue weighted by atomic mass is 9.78. The monoisotopic (exact) mass is 718 g/mol. The molecule has 1 N–H and O–H groups in total. The fourth-order valence-corrected chi connectivity index (χ4v) is 7.34. The van der Waals surface area contributed by atoms with E-state index in [4.69, 9.17) is 10.1 Å². The lowest BCUT2D eigenvalue weighted by Crippen LogP contribution is -2.17. The van der Waals surface area contributed by atoms with Crippen molar-refractivity contribution in [1.29, 1.82) is 0 Å². The first-order chi connectivity index (χ1) is 26.5. The summed E-state index contributed by atoms with van der Waals surface area (Å²) in [6, 6.07) is 54.7. The fourth-order valence-electron chi connectivity index (χ4n) is 7.34. The number of anilines is 3. The van der Waals surface area contributed by atoms with Crippen molar-refractivity contribution in [2.45, 2.75) is 52.4 Å². The molecule has 0 saturated heterocycles. The Morgan fingerprint density at radius 1 is 0.564 bits per heavy atom. The molecule has 0 aliphatic heterocycles. The molecule has 0 bridgehead atoms. The minimum Gasteiger partial charge on any atom is -0.507 e. The molecule has 5 heteroatoms. The third kappa shape index (κ3) is 6.90. The van der Waals surface area contributed by atoms with Crippen molar-refractivity contribution in [1.82, 2.24) is 14.8 Å². The van der Waals surface area contributed by atoms with Crippen LogP contribution in [0.4, 0.5) is 17.2 Å². The summed E-state index contributed by atoms with van der Waals surface area (Å²) >= 11 is 0. The number of nitrogens with zero attached hydrogens (tertiary/aromatic N) is 4. The summed E-state index contributed by atoms with van der Waals surface area (Å²) in [7, 11) is 0. The summed E-state index contributed by atoms with van der Waals surface area (Å²) in [6.45, 7) is 13.1. The Labute approximate surface area is 324 Å². The molecule has 0 aliphatic carbocycles. The minimum atomic E-state index is -0.275. The largest absolute Gasteiger partial charge is 0.507 e. The number of aromatic nitrogens is 3. The highest BCUT2D eigenvalue weighted by molar-refractivity contribution is 5.97. The van der Waals surface area contributed by atoms with Crippen LogP contribution < -0.4 is 4.90 Å². The molecule has 272 valence electrons. The van der Waals surface area contributed by atoms with Crippen LogP contribution in [0.15, 0.2) is 164 Å². The maximum absolute atomic E-state index is 12.0. The van der Waals surface area contributed by atoms with Crippen molar-refractivity contribution in [3.05, 3.63) is 175 Å². The zero-order valence-corrected chi connectivity index (χ0v) is 32.3. The molecule has 0 atom stereocenters. The number of rotatable bonds is 7. The topological polar surface area (TPSA) is 54.2 Å². The Morgan fingerprint density at radius 2 is 1.22 bits per heavy atom. The Balaban J connectivity index is 1.41. The van der Waals surface area contributed by atoms with Crippen molar-refractivity contribution < 1.29 is 5.11 Å². The van der Waals surface area contributed by atoms with Crippen LogP contribution in [-0.2, 0) is 10.8 Å². The van der Waals surface area contributed by atoms with Gasteiger partial charge in [0.05, 0.1) is 22.6 Å². The molecule has 0 saturated carbocycles.